The molecule has 0 bridgehead atoms. The maximum absolute atomic E-state index is 13.3. The Morgan fingerprint density at radius 3 is 2.42 bits per heavy atom. The van der Waals surface area contributed by atoms with Gasteiger partial charge in [0.1, 0.15) is 11.9 Å². The molecule has 2 aromatic carbocycles. The quantitative estimate of drug-likeness (QED) is 0.474. The molecule has 0 radical (unpaired) electrons. The normalized spacial score (nSPS) is 21.0. The molecule has 0 spiro atoms. The van der Waals surface area contributed by atoms with Crippen molar-refractivity contribution in [3.05, 3.63) is 77.6 Å². The van der Waals surface area contributed by atoms with Gasteiger partial charge >= 0.3 is 6.18 Å². The molecular formula is C25H19F4N5O3S. The third-order valence-corrected chi connectivity index (χ3v) is 8.58. The highest BCUT2D eigenvalue weighted by Crippen LogP contribution is 2.51. The van der Waals surface area contributed by atoms with E-state index in [0.29, 0.717) is 17.5 Å². The fourth-order valence-corrected chi connectivity index (χ4v) is 6.37. The molecular weight excluding hydrogens is 526 g/mol. The molecule has 38 heavy (non-hydrogen) atoms. The van der Waals surface area contributed by atoms with Gasteiger partial charge in [-0.05, 0) is 65.8 Å². The van der Waals surface area contributed by atoms with E-state index in [2.05, 4.69) is 15.3 Å². The lowest BCUT2D eigenvalue weighted by atomic mass is 10.0. The zero-order valence-corrected chi connectivity index (χ0v) is 20.3. The Balaban J connectivity index is 1.35. The number of fused-ring (bicyclic) bond motifs is 1. The molecule has 2 heterocycles. The lowest BCUT2D eigenvalue weighted by molar-refractivity contribution is -0.145. The summed E-state index contributed by atoms with van der Waals surface area (Å²) in [5.41, 5.74) is 1.33. The van der Waals surface area contributed by atoms with Gasteiger partial charge < -0.3 is 5.32 Å². The molecule has 1 aliphatic heterocycles. The van der Waals surface area contributed by atoms with Gasteiger partial charge in [-0.3, -0.25) is 4.79 Å². The number of nitrogens with one attached hydrogen (secondary N) is 1. The van der Waals surface area contributed by atoms with Crippen LogP contribution in [0.15, 0.2) is 59.8 Å². The van der Waals surface area contributed by atoms with Gasteiger partial charge in [-0.25, -0.2) is 22.8 Å². The predicted octanol–water partition coefficient (Wildman–Crippen LogP) is 3.50. The summed E-state index contributed by atoms with van der Waals surface area (Å²) in [6.07, 6.45) is -1.94. The average Bonchev–Trinajstić information content (AvgIpc) is 3.55. The van der Waals surface area contributed by atoms with Crippen LogP contribution in [0.3, 0.4) is 0 Å². The van der Waals surface area contributed by atoms with Gasteiger partial charge in [0.15, 0.2) is 0 Å². The van der Waals surface area contributed by atoms with Gasteiger partial charge in [-0.1, -0.05) is 6.07 Å². The van der Waals surface area contributed by atoms with Crippen molar-refractivity contribution in [3.8, 4) is 17.2 Å². The van der Waals surface area contributed by atoms with Crippen LogP contribution < -0.4 is 5.32 Å². The number of hydrogen-bond acceptors (Lipinski definition) is 6. The SMILES string of the molecule is N#Cc1ccc(-c2cnc(C(F)(F)F)nc2)cc1CNC(=O)[C@@H]1[C@H]2CC2CN1S(=O)(=O)c1ccc(F)cc1. The van der Waals surface area contributed by atoms with E-state index in [9.17, 15) is 36.0 Å². The number of carbonyl (C=O) groups excluding carboxylic acids is 1. The molecule has 3 aromatic rings. The van der Waals surface area contributed by atoms with Crippen molar-refractivity contribution in [2.75, 3.05) is 6.54 Å². The van der Waals surface area contributed by atoms with Crippen LogP contribution in [0.4, 0.5) is 17.6 Å². The minimum atomic E-state index is -4.68. The average molecular weight is 546 g/mol. The largest absolute Gasteiger partial charge is 0.451 e. The number of sulfonamides is 1. The van der Waals surface area contributed by atoms with E-state index in [1.54, 1.807) is 0 Å². The molecule has 8 nitrogen and oxygen atoms in total. The van der Waals surface area contributed by atoms with Gasteiger partial charge in [-0.15, -0.1) is 0 Å². The van der Waals surface area contributed by atoms with Crippen LogP contribution >= 0.6 is 0 Å². The molecule has 3 atom stereocenters. The summed E-state index contributed by atoms with van der Waals surface area (Å²) in [6, 6.07) is 9.96. The molecule has 5 rings (SSSR count). The van der Waals surface area contributed by atoms with Crippen LogP contribution in [-0.4, -0.2) is 41.2 Å². The van der Waals surface area contributed by atoms with E-state index in [1.807, 2.05) is 6.07 Å². The first-order valence-corrected chi connectivity index (χ1v) is 12.9. The highest BCUT2D eigenvalue weighted by atomic mass is 32.2. The first-order valence-electron chi connectivity index (χ1n) is 11.5. The van der Waals surface area contributed by atoms with Crippen LogP contribution in [0.5, 0.6) is 0 Å². The highest BCUT2D eigenvalue weighted by molar-refractivity contribution is 7.89. The van der Waals surface area contributed by atoms with E-state index in [0.717, 1.165) is 41.0 Å². The predicted molar refractivity (Wildman–Crippen MR) is 125 cm³/mol. The molecule has 1 N–H and O–H groups in total. The minimum absolute atomic E-state index is 0.0543. The number of halogens is 4. The molecule has 1 aliphatic carbocycles. The number of piperidine rings is 1. The van der Waals surface area contributed by atoms with E-state index in [4.69, 9.17) is 0 Å². The number of rotatable bonds is 6. The number of nitrogens with zero attached hydrogens (tertiary/aromatic N) is 4. The van der Waals surface area contributed by atoms with E-state index >= 15 is 0 Å². The fourth-order valence-electron chi connectivity index (χ4n) is 4.68. The smallest absolute Gasteiger partial charge is 0.351 e. The lowest BCUT2D eigenvalue weighted by Gasteiger charge is -2.26. The van der Waals surface area contributed by atoms with Crippen LogP contribution in [0.1, 0.15) is 23.4 Å². The summed E-state index contributed by atoms with van der Waals surface area (Å²) in [5, 5.41) is 12.2. The maximum atomic E-state index is 13.3. The van der Waals surface area contributed by atoms with Gasteiger partial charge in [0, 0.05) is 31.0 Å². The second-order valence-corrected chi connectivity index (χ2v) is 11.0. The van der Waals surface area contributed by atoms with Crippen LogP contribution in [-0.2, 0) is 27.5 Å². The summed E-state index contributed by atoms with van der Waals surface area (Å²) in [6.45, 7) is 0.0602. The first kappa shape index (κ1) is 25.7. The van der Waals surface area contributed by atoms with Crippen molar-refractivity contribution < 1.29 is 30.8 Å². The van der Waals surface area contributed by atoms with E-state index in [1.165, 1.54) is 18.2 Å². The van der Waals surface area contributed by atoms with Gasteiger partial charge in [0.2, 0.25) is 21.8 Å². The Morgan fingerprint density at radius 1 is 1.11 bits per heavy atom. The molecule has 1 aromatic heterocycles. The zero-order chi connectivity index (χ0) is 27.2. The van der Waals surface area contributed by atoms with Crippen molar-refractivity contribution in [1.82, 2.24) is 19.6 Å². The van der Waals surface area contributed by atoms with Crippen molar-refractivity contribution >= 4 is 15.9 Å². The first-order chi connectivity index (χ1) is 18.0. The molecule has 1 saturated heterocycles. The van der Waals surface area contributed by atoms with Crippen LogP contribution in [0, 0.1) is 29.0 Å². The zero-order valence-electron chi connectivity index (χ0n) is 19.5. The van der Waals surface area contributed by atoms with E-state index in [-0.39, 0.29) is 40.9 Å². The van der Waals surface area contributed by atoms with Crippen molar-refractivity contribution in [2.45, 2.75) is 30.1 Å². The minimum Gasteiger partial charge on any atom is -0.351 e. The standard InChI is InChI=1S/C25H19F4N5O3S/c26-19-3-5-20(6-4-19)38(36,37)34-13-17-8-21(17)22(34)23(35)31-10-16-7-14(1-2-15(16)9-30)18-11-32-24(33-12-18)25(27,28)29/h1-7,11-12,17,21-22H,8,10,13H2,(H,31,35)/t17?,21-,22-/m0/s1. The monoisotopic (exact) mass is 545 g/mol. The number of nitriles is 1. The number of carbonyl (C=O) groups is 1. The van der Waals surface area contributed by atoms with Crippen LogP contribution in [0.2, 0.25) is 0 Å². The van der Waals surface area contributed by atoms with Crippen LogP contribution in [0.25, 0.3) is 11.1 Å². The van der Waals surface area contributed by atoms with Crippen molar-refractivity contribution in [3.63, 3.8) is 0 Å². The number of hydrogen-bond donors (Lipinski definition) is 1. The Labute approximate surface area is 215 Å². The van der Waals surface area contributed by atoms with Crippen molar-refractivity contribution in [1.29, 1.82) is 5.26 Å². The summed E-state index contributed by atoms with van der Waals surface area (Å²) in [4.78, 5) is 19.8. The lowest BCUT2D eigenvalue weighted by Crippen LogP contribution is -2.48. The van der Waals surface area contributed by atoms with Gasteiger partial charge in [0.05, 0.1) is 16.5 Å². The van der Waals surface area contributed by atoms with Crippen molar-refractivity contribution in [2.24, 2.45) is 11.8 Å². The fraction of sp³-hybridized carbons (Fsp3) is 0.280. The summed E-state index contributed by atoms with van der Waals surface area (Å²) >= 11 is 0. The summed E-state index contributed by atoms with van der Waals surface area (Å²) in [5.74, 6) is -2.49. The highest BCUT2D eigenvalue weighted by Gasteiger charge is 2.58. The number of amides is 1. The Kier molecular flexibility index (Phi) is 6.40. The molecule has 1 saturated carbocycles. The topological polar surface area (TPSA) is 116 Å². The van der Waals surface area contributed by atoms with Gasteiger partial charge in [-0.2, -0.15) is 22.7 Å². The third kappa shape index (κ3) is 4.84. The second kappa shape index (κ2) is 9.45. The molecule has 1 unspecified atom stereocenters. The van der Waals surface area contributed by atoms with Gasteiger partial charge in [0.25, 0.3) is 0 Å². The number of alkyl halides is 3. The molecule has 196 valence electrons. The Morgan fingerprint density at radius 2 is 1.79 bits per heavy atom. The molecule has 2 aliphatic rings. The summed E-state index contributed by atoms with van der Waals surface area (Å²) < 4.78 is 79.1. The Hall–Kier alpha value is -3.89. The number of aromatic nitrogens is 2. The summed E-state index contributed by atoms with van der Waals surface area (Å²) in [7, 11) is -4.05. The molecule has 1 amide bonds. The maximum Gasteiger partial charge on any atom is 0.451 e. The number of benzene rings is 2. The Bertz CT molecular complexity index is 1540. The third-order valence-electron chi connectivity index (χ3n) is 6.71. The second-order valence-electron chi connectivity index (χ2n) is 9.13. The molecule has 2 fully saturated rings. The van der Waals surface area contributed by atoms with E-state index < -0.39 is 39.8 Å². The molecule has 13 heteroatoms.